The van der Waals surface area contributed by atoms with Crippen LogP contribution < -0.4 is 5.73 Å². The first-order valence-corrected chi connectivity index (χ1v) is 6.45. The minimum atomic E-state index is -1.58. The Hall–Kier alpha value is -1.77. The third-order valence-corrected chi connectivity index (χ3v) is 3.41. The summed E-state index contributed by atoms with van der Waals surface area (Å²) in [5.74, 6) is 0.184. The molecule has 3 N–H and O–H groups in total. The van der Waals surface area contributed by atoms with Crippen LogP contribution in [0.1, 0.15) is 17.6 Å². The predicted molar refractivity (Wildman–Crippen MR) is 74.6 cm³/mol. The van der Waals surface area contributed by atoms with Gasteiger partial charge in [0.2, 0.25) is 0 Å². The molecule has 2 rings (SSSR count). The molecule has 0 bridgehead atoms. The molecule has 1 aliphatic rings. The fourth-order valence-corrected chi connectivity index (χ4v) is 2.32. The van der Waals surface area contributed by atoms with Crippen LogP contribution in [0.25, 0.3) is 0 Å². The van der Waals surface area contributed by atoms with Gasteiger partial charge in [0.25, 0.3) is 0 Å². The standard InChI is InChI=1S/C13H19FN4O3/c1-4-16-12(15)10-7(2)18(6-17-10)13-9(14)11(19)8(21-13)5-20-3/h4,6,8-9,11,13,19H,1,5H2,2-3H3,(H2,15,16)/t8-,9-,11-,13-/m1/s1. The molecule has 0 radical (unpaired) electrons. The molecule has 1 fully saturated rings. The molecular formula is C13H19FN4O3. The number of aliphatic hydroxyl groups excluding tert-OH is 1. The second-order valence-electron chi connectivity index (χ2n) is 4.74. The lowest BCUT2D eigenvalue weighted by atomic mass is 10.1. The number of aromatic nitrogens is 2. The van der Waals surface area contributed by atoms with E-state index in [-0.39, 0.29) is 12.4 Å². The van der Waals surface area contributed by atoms with E-state index in [2.05, 4.69) is 16.6 Å². The smallest absolute Gasteiger partial charge is 0.173 e. The van der Waals surface area contributed by atoms with Crippen LogP contribution >= 0.6 is 0 Å². The Morgan fingerprint density at radius 2 is 2.48 bits per heavy atom. The second-order valence-corrected chi connectivity index (χ2v) is 4.74. The van der Waals surface area contributed by atoms with E-state index in [9.17, 15) is 9.50 Å². The first-order valence-electron chi connectivity index (χ1n) is 6.45. The number of imidazole rings is 1. The maximum atomic E-state index is 14.2. The number of ether oxygens (including phenoxy) is 2. The van der Waals surface area contributed by atoms with Gasteiger partial charge in [-0.25, -0.2) is 14.4 Å². The number of hydrogen-bond acceptors (Lipinski definition) is 5. The lowest BCUT2D eigenvalue weighted by Crippen LogP contribution is -2.31. The van der Waals surface area contributed by atoms with E-state index in [1.54, 1.807) is 6.92 Å². The van der Waals surface area contributed by atoms with Gasteiger partial charge in [-0.3, -0.25) is 0 Å². The van der Waals surface area contributed by atoms with E-state index < -0.39 is 24.6 Å². The normalized spacial score (nSPS) is 29.8. The van der Waals surface area contributed by atoms with E-state index in [1.807, 2.05) is 0 Å². The minimum Gasteiger partial charge on any atom is -0.387 e. The Morgan fingerprint density at radius 3 is 3.10 bits per heavy atom. The number of aliphatic hydroxyl groups is 1. The molecule has 7 nitrogen and oxygen atoms in total. The zero-order valence-corrected chi connectivity index (χ0v) is 11.9. The van der Waals surface area contributed by atoms with Crippen molar-refractivity contribution in [3.63, 3.8) is 0 Å². The number of amidine groups is 1. The quantitative estimate of drug-likeness (QED) is 0.601. The van der Waals surface area contributed by atoms with Crippen LogP contribution in [-0.4, -0.2) is 52.6 Å². The highest BCUT2D eigenvalue weighted by Gasteiger charge is 2.45. The number of alkyl halides is 1. The van der Waals surface area contributed by atoms with Crippen LogP contribution in [0, 0.1) is 6.92 Å². The Bertz CT molecular complexity index is 546. The molecule has 0 aromatic carbocycles. The molecule has 0 unspecified atom stereocenters. The molecule has 0 spiro atoms. The van der Waals surface area contributed by atoms with Crippen LogP contribution in [0.15, 0.2) is 24.1 Å². The van der Waals surface area contributed by atoms with E-state index in [0.717, 1.165) is 0 Å². The van der Waals surface area contributed by atoms with E-state index in [1.165, 1.54) is 24.2 Å². The zero-order valence-electron chi connectivity index (χ0n) is 11.9. The largest absolute Gasteiger partial charge is 0.387 e. The average Bonchev–Trinajstić information content (AvgIpc) is 2.95. The van der Waals surface area contributed by atoms with Crippen molar-refractivity contribution in [2.24, 2.45) is 10.7 Å². The summed E-state index contributed by atoms with van der Waals surface area (Å²) in [7, 11) is 1.46. The predicted octanol–water partition coefficient (Wildman–Crippen LogP) is 0.283. The highest BCUT2D eigenvalue weighted by molar-refractivity contribution is 5.97. The van der Waals surface area contributed by atoms with Gasteiger partial charge < -0.3 is 24.9 Å². The van der Waals surface area contributed by atoms with Gasteiger partial charge in [-0.1, -0.05) is 6.58 Å². The number of nitrogens with two attached hydrogens (primary N) is 1. The van der Waals surface area contributed by atoms with Gasteiger partial charge in [-0.15, -0.1) is 0 Å². The summed E-state index contributed by atoms with van der Waals surface area (Å²) >= 11 is 0. The van der Waals surface area contributed by atoms with Crippen molar-refractivity contribution >= 4 is 5.84 Å². The molecule has 4 atom stereocenters. The SMILES string of the molecule is C=CN=C(N)c1ncn([C@@H]2O[C@H](COC)[C@@H](O)[C@H]2F)c1C. The van der Waals surface area contributed by atoms with Crippen molar-refractivity contribution < 1.29 is 19.0 Å². The number of methoxy groups -OCH3 is 1. The molecule has 0 amide bonds. The highest BCUT2D eigenvalue weighted by Crippen LogP contribution is 2.33. The van der Waals surface area contributed by atoms with Crippen molar-refractivity contribution in [1.82, 2.24) is 9.55 Å². The number of rotatable bonds is 5. The summed E-state index contributed by atoms with van der Waals surface area (Å²) < 4.78 is 26.1. The molecule has 21 heavy (non-hydrogen) atoms. The Labute approximate surface area is 121 Å². The fraction of sp³-hybridized carbons (Fsp3) is 0.538. The van der Waals surface area contributed by atoms with Crippen LogP contribution in [0.2, 0.25) is 0 Å². The minimum absolute atomic E-state index is 0.110. The second kappa shape index (κ2) is 6.33. The Morgan fingerprint density at radius 1 is 1.76 bits per heavy atom. The third kappa shape index (κ3) is 2.82. The van der Waals surface area contributed by atoms with Gasteiger partial charge in [0.1, 0.15) is 17.9 Å². The topological polar surface area (TPSA) is 94.9 Å². The molecule has 1 aromatic rings. The molecule has 1 aromatic heterocycles. The van der Waals surface area contributed by atoms with Crippen LogP contribution in [0.3, 0.4) is 0 Å². The maximum Gasteiger partial charge on any atom is 0.173 e. The fourth-order valence-electron chi connectivity index (χ4n) is 2.32. The van der Waals surface area contributed by atoms with Gasteiger partial charge in [0, 0.05) is 19.0 Å². The Kier molecular flexibility index (Phi) is 4.71. The lowest BCUT2D eigenvalue weighted by molar-refractivity contribution is -0.0561. The molecule has 116 valence electrons. The van der Waals surface area contributed by atoms with Gasteiger partial charge in [0.05, 0.1) is 12.9 Å². The van der Waals surface area contributed by atoms with Crippen molar-refractivity contribution in [2.45, 2.75) is 31.5 Å². The maximum absolute atomic E-state index is 14.2. The molecule has 8 heteroatoms. The van der Waals surface area contributed by atoms with Crippen molar-refractivity contribution in [3.05, 3.63) is 30.5 Å². The van der Waals surface area contributed by atoms with Crippen LogP contribution in [0.4, 0.5) is 4.39 Å². The van der Waals surface area contributed by atoms with Crippen molar-refractivity contribution in [1.29, 1.82) is 0 Å². The third-order valence-electron chi connectivity index (χ3n) is 3.41. The van der Waals surface area contributed by atoms with E-state index >= 15 is 0 Å². The number of aliphatic imine (C=N–C) groups is 1. The molecule has 0 aliphatic carbocycles. The number of nitrogens with zero attached hydrogens (tertiary/aromatic N) is 3. The summed E-state index contributed by atoms with van der Waals surface area (Å²) in [6.45, 7) is 5.29. The van der Waals surface area contributed by atoms with Crippen molar-refractivity contribution in [3.8, 4) is 0 Å². The molecular weight excluding hydrogens is 279 g/mol. The number of hydrogen-bond donors (Lipinski definition) is 2. The van der Waals surface area contributed by atoms with E-state index in [4.69, 9.17) is 15.2 Å². The zero-order chi connectivity index (χ0) is 15.6. The van der Waals surface area contributed by atoms with E-state index in [0.29, 0.717) is 11.4 Å². The van der Waals surface area contributed by atoms with Gasteiger partial charge in [-0.2, -0.15) is 0 Å². The Balaban J connectivity index is 2.27. The van der Waals surface area contributed by atoms with Gasteiger partial charge >= 0.3 is 0 Å². The summed E-state index contributed by atoms with van der Waals surface area (Å²) in [5.41, 5.74) is 6.77. The summed E-state index contributed by atoms with van der Waals surface area (Å²) in [5, 5.41) is 9.84. The average molecular weight is 298 g/mol. The summed E-state index contributed by atoms with van der Waals surface area (Å²) in [6.07, 6.45) is -1.81. The molecule has 0 saturated carbocycles. The molecule has 2 heterocycles. The van der Waals surface area contributed by atoms with Crippen molar-refractivity contribution in [2.75, 3.05) is 13.7 Å². The first-order chi connectivity index (χ1) is 10.0. The summed E-state index contributed by atoms with van der Waals surface area (Å²) in [4.78, 5) is 7.96. The molecule has 1 saturated heterocycles. The van der Waals surface area contributed by atoms with Gasteiger partial charge in [-0.05, 0) is 6.92 Å². The van der Waals surface area contributed by atoms with Crippen LogP contribution in [-0.2, 0) is 9.47 Å². The summed E-state index contributed by atoms with van der Waals surface area (Å²) in [6, 6.07) is 0. The van der Waals surface area contributed by atoms with Gasteiger partial charge in [0.15, 0.2) is 18.2 Å². The van der Waals surface area contributed by atoms with Crippen LogP contribution in [0.5, 0.6) is 0 Å². The highest BCUT2D eigenvalue weighted by atomic mass is 19.1. The first kappa shape index (κ1) is 15.6. The monoisotopic (exact) mass is 298 g/mol. The number of halogens is 1. The molecule has 1 aliphatic heterocycles. The lowest BCUT2D eigenvalue weighted by Gasteiger charge is -2.16.